The van der Waals surface area contributed by atoms with Crippen LogP contribution >= 0.6 is 11.8 Å². The van der Waals surface area contributed by atoms with Crippen molar-refractivity contribution in [2.45, 2.75) is 27.2 Å². The van der Waals surface area contributed by atoms with Gasteiger partial charge >= 0.3 is 0 Å². The summed E-state index contributed by atoms with van der Waals surface area (Å²) in [6.07, 6.45) is 4.85. The van der Waals surface area contributed by atoms with Crippen LogP contribution in [0.4, 0.5) is 0 Å². The third kappa shape index (κ3) is 6.44. The van der Waals surface area contributed by atoms with Crippen LogP contribution in [0, 0.1) is 0 Å². The molecular formula is C12H28N2S. The SMILES string of the molecule is CCCN1CCN(CCCSC)CC1.[2H]C. The summed E-state index contributed by atoms with van der Waals surface area (Å²) in [6, 6.07) is 0. The van der Waals surface area contributed by atoms with Crippen molar-refractivity contribution in [3.8, 4) is 0 Å². The van der Waals surface area contributed by atoms with Crippen molar-refractivity contribution in [3.05, 3.63) is 0 Å². The zero-order chi connectivity index (χ0) is 12.2. The second-order valence-electron chi connectivity index (χ2n) is 4.03. The Morgan fingerprint density at radius 1 is 1.13 bits per heavy atom. The highest BCUT2D eigenvalue weighted by molar-refractivity contribution is 7.98. The number of hydrogen-bond donors (Lipinski definition) is 0. The molecule has 0 aromatic rings. The van der Waals surface area contributed by atoms with E-state index in [-0.39, 0.29) is 0 Å². The van der Waals surface area contributed by atoms with Gasteiger partial charge in [0, 0.05) is 27.5 Å². The molecule has 0 bridgehead atoms. The molecule has 0 aromatic heterocycles. The van der Waals surface area contributed by atoms with E-state index in [1.807, 2.05) is 11.8 Å². The number of thioether (sulfide) groups is 1. The number of hydrogen-bond acceptors (Lipinski definition) is 3. The van der Waals surface area contributed by atoms with E-state index in [9.17, 15) is 0 Å². The van der Waals surface area contributed by atoms with Gasteiger partial charge < -0.3 is 9.80 Å². The van der Waals surface area contributed by atoms with Crippen molar-refractivity contribution >= 4 is 11.8 Å². The van der Waals surface area contributed by atoms with E-state index in [0.717, 1.165) is 0 Å². The highest BCUT2D eigenvalue weighted by Gasteiger charge is 2.14. The molecule has 0 atom stereocenters. The first-order chi connectivity index (χ1) is 7.86. The van der Waals surface area contributed by atoms with Gasteiger partial charge in [-0.15, -0.1) is 0 Å². The third-order valence-electron chi connectivity index (χ3n) is 2.83. The van der Waals surface area contributed by atoms with Crippen LogP contribution in [0.3, 0.4) is 0 Å². The zero-order valence-corrected chi connectivity index (χ0v) is 11.5. The van der Waals surface area contributed by atoms with E-state index in [1.54, 1.807) is 0 Å². The van der Waals surface area contributed by atoms with Crippen LogP contribution in [-0.2, 0) is 0 Å². The molecule has 0 saturated carbocycles. The standard InChI is InChI=1S/C11H24N2S.CH4/c1-3-5-12-7-9-13(10-8-12)6-4-11-14-2;/h3-11H2,1-2H3;1H4/i;1D. The lowest BCUT2D eigenvalue weighted by Gasteiger charge is -2.34. The minimum Gasteiger partial charge on any atom is -0.301 e. The van der Waals surface area contributed by atoms with Crippen LogP contribution in [0.1, 0.15) is 28.5 Å². The average molecular weight is 233 g/mol. The summed E-state index contributed by atoms with van der Waals surface area (Å²) >= 11 is 1.96. The first-order valence-electron chi connectivity index (χ1n) is 6.80. The lowest BCUT2D eigenvalue weighted by molar-refractivity contribution is 0.133. The fourth-order valence-corrected chi connectivity index (χ4v) is 2.40. The normalized spacial score (nSPS) is 19.3. The van der Waals surface area contributed by atoms with Gasteiger partial charge in [-0.3, -0.25) is 0 Å². The van der Waals surface area contributed by atoms with E-state index in [1.165, 1.54) is 65.3 Å². The molecule has 2 nitrogen and oxygen atoms in total. The molecule has 0 spiro atoms. The lowest BCUT2D eigenvalue weighted by Crippen LogP contribution is -2.46. The van der Waals surface area contributed by atoms with Crippen molar-refractivity contribution in [1.82, 2.24) is 9.80 Å². The molecule has 0 radical (unpaired) electrons. The Labute approximate surface area is 102 Å². The molecule has 0 N–H and O–H groups in total. The minimum absolute atomic E-state index is 1.25. The predicted molar refractivity (Wildman–Crippen MR) is 72.9 cm³/mol. The molecule has 92 valence electrons. The number of piperazine rings is 1. The molecule has 3 heteroatoms. The van der Waals surface area contributed by atoms with Gasteiger partial charge in [-0.1, -0.05) is 14.3 Å². The monoisotopic (exact) mass is 233 g/mol. The molecule has 0 aromatic carbocycles. The summed E-state index contributed by atoms with van der Waals surface area (Å²) in [5, 5.41) is 0. The molecule has 1 aliphatic heterocycles. The Bertz CT molecular complexity index is 139. The second kappa shape index (κ2) is 9.49. The summed E-state index contributed by atoms with van der Waals surface area (Å²) in [5.74, 6) is 1.31. The van der Waals surface area contributed by atoms with Crippen LogP contribution in [0.2, 0.25) is 0 Å². The predicted octanol–water partition coefficient (Wildman–Crippen LogP) is 2.40. The van der Waals surface area contributed by atoms with Gasteiger partial charge in [-0.05, 0) is 37.9 Å². The molecule has 1 rings (SSSR count). The first-order valence-corrected chi connectivity index (χ1v) is 7.20. The zero-order valence-electron chi connectivity index (χ0n) is 11.7. The van der Waals surface area contributed by atoms with E-state index in [2.05, 4.69) is 23.0 Å². The Hall–Kier alpha value is 0.270. The molecule has 1 aliphatic rings. The fraction of sp³-hybridized carbons (Fsp3) is 1.00. The van der Waals surface area contributed by atoms with Gasteiger partial charge in [-0.2, -0.15) is 11.8 Å². The Balaban J connectivity index is 0.00000106. The molecule has 0 unspecified atom stereocenters. The maximum atomic E-state index is 5.75. The molecule has 1 fully saturated rings. The Kier molecular flexibility index (Phi) is 8.44. The lowest BCUT2D eigenvalue weighted by atomic mass is 10.3. The van der Waals surface area contributed by atoms with Crippen molar-refractivity contribution in [3.63, 3.8) is 0 Å². The van der Waals surface area contributed by atoms with E-state index >= 15 is 0 Å². The maximum Gasteiger partial charge on any atom is 0.0194 e. The summed E-state index contributed by atoms with van der Waals surface area (Å²) in [6.45, 7) is 10.0. The largest absolute Gasteiger partial charge is 0.301 e. The van der Waals surface area contributed by atoms with Gasteiger partial charge in [0.15, 0.2) is 0 Å². The van der Waals surface area contributed by atoms with Gasteiger partial charge in [0.1, 0.15) is 0 Å². The van der Waals surface area contributed by atoms with E-state index < -0.39 is 0 Å². The summed E-state index contributed by atoms with van der Waals surface area (Å²) in [7, 11) is 1.25. The molecule has 1 heterocycles. The van der Waals surface area contributed by atoms with Crippen LogP contribution in [-0.4, -0.2) is 61.1 Å². The molecular weight excluding hydrogens is 204 g/mol. The third-order valence-corrected chi connectivity index (χ3v) is 3.52. The smallest absolute Gasteiger partial charge is 0.0194 e. The van der Waals surface area contributed by atoms with Crippen molar-refractivity contribution in [1.29, 1.82) is 0 Å². The quantitative estimate of drug-likeness (QED) is 0.651. The summed E-state index contributed by atoms with van der Waals surface area (Å²) < 4.78 is 5.75. The van der Waals surface area contributed by atoms with Crippen molar-refractivity contribution in [2.75, 3.05) is 51.3 Å². The number of nitrogens with zero attached hydrogens (tertiary/aromatic N) is 2. The fourth-order valence-electron chi connectivity index (χ4n) is 1.99. The molecule has 1 saturated heterocycles. The Morgan fingerprint density at radius 3 is 2.13 bits per heavy atom. The van der Waals surface area contributed by atoms with E-state index in [4.69, 9.17) is 1.37 Å². The summed E-state index contributed by atoms with van der Waals surface area (Å²) in [5.41, 5.74) is 0. The van der Waals surface area contributed by atoms with Gasteiger partial charge in [0.05, 0.1) is 0 Å². The van der Waals surface area contributed by atoms with Gasteiger partial charge in [0.2, 0.25) is 0 Å². The topological polar surface area (TPSA) is 6.48 Å². The molecule has 0 amide bonds. The van der Waals surface area contributed by atoms with Gasteiger partial charge in [0.25, 0.3) is 0 Å². The van der Waals surface area contributed by atoms with Crippen LogP contribution in [0.25, 0.3) is 0 Å². The number of rotatable bonds is 6. The highest BCUT2D eigenvalue weighted by Crippen LogP contribution is 2.04. The summed E-state index contributed by atoms with van der Waals surface area (Å²) in [4.78, 5) is 5.20. The van der Waals surface area contributed by atoms with Crippen molar-refractivity contribution < 1.29 is 1.37 Å². The van der Waals surface area contributed by atoms with Crippen LogP contribution in [0.15, 0.2) is 0 Å². The highest BCUT2D eigenvalue weighted by atomic mass is 32.2. The average Bonchev–Trinajstić information content (AvgIpc) is 2.35. The second-order valence-corrected chi connectivity index (χ2v) is 5.02. The van der Waals surface area contributed by atoms with Crippen molar-refractivity contribution in [2.24, 2.45) is 0 Å². The minimum atomic E-state index is 1.25. The Morgan fingerprint density at radius 2 is 1.67 bits per heavy atom. The first kappa shape index (κ1) is 13.3. The van der Waals surface area contributed by atoms with E-state index in [0.29, 0.717) is 0 Å². The molecule has 15 heavy (non-hydrogen) atoms. The maximum absolute atomic E-state index is 5.75. The van der Waals surface area contributed by atoms with Crippen LogP contribution < -0.4 is 0 Å². The van der Waals surface area contributed by atoms with Crippen LogP contribution in [0.5, 0.6) is 0 Å². The van der Waals surface area contributed by atoms with Gasteiger partial charge in [-0.25, -0.2) is 0 Å². The molecule has 0 aliphatic carbocycles.